The molecule has 1 aliphatic rings. The molecule has 2 heterocycles. The first-order chi connectivity index (χ1) is 12.7. The molecule has 0 saturated heterocycles. The van der Waals surface area contributed by atoms with Gasteiger partial charge in [0.25, 0.3) is 0 Å². The van der Waals surface area contributed by atoms with Crippen LogP contribution in [0.15, 0.2) is 39.7 Å². The lowest BCUT2D eigenvalue weighted by atomic mass is 9.95. The normalized spacial score (nSPS) is 16.3. The van der Waals surface area contributed by atoms with E-state index in [0.29, 0.717) is 17.7 Å². The number of fused-ring (bicyclic) bond motifs is 3. The molecule has 1 atom stereocenters. The van der Waals surface area contributed by atoms with E-state index in [1.165, 1.54) is 24.5 Å². The minimum Gasteiger partial charge on any atom is -0.508 e. The van der Waals surface area contributed by atoms with E-state index in [2.05, 4.69) is 0 Å². The van der Waals surface area contributed by atoms with Crippen molar-refractivity contribution in [2.45, 2.75) is 32.0 Å². The Kier molecular flexibility index (Phi) is 3.61. The molecule has 7 nitrogen and oxygen atoms in total. The van der Waals surface area contributed by atoms with E-state index in [-0.39, 0.29) is 39.3 Å². The van der Waals surface area contributed by atoms with Crippen LogP contribution in [0.4, 0.5) is 0 Å². The number of aromatic hydroxyl groups is 3. The van der Waals surface area contributed by atoms with Crippen LogP contribution in [0.5, 0.6) is 23.0 Å². The maximum absolute atomic E-state index is 13.0. The Morgan fingerprint density at radius 3 is 2.48 bits per heavy atom. The van der Waals surface area contributed by atoms with Crippen molar-refractivity contribution in [3.8, 4) is 34.1 Å². The van der Waals surface area contributed by atoms with Crippen molar-refractivity contribution in [2.24, 2.45) is 0 Å². The fraction of sp³-hybridized carbons (Fsp3) is 0.250. The zero-order chi connectivity index (χ0) is 19.5. The van der Waals surface area contributed by atoms with Gasteiger partial charge in [-0.1, -0.05) is 0 Å². The van der Waals surface area contributed by atoms with Gasteiger partial charge in [-0.2, -0.15) is 0 Å². The van der Waals surface area contributed by atoms with Crippen LogP contribution < -0.4 is 10.2 Å². The highest BCUT2D eigenvalue weighted by Crippen LogP contribution is 2.42. The van der Waals surface area contributed by atoms with Crippen molar-refractivity contribution in [3.63, 3.8) is 0 Å². The summed E-state index contributed by atoms with van der Waals surface area (Å²) in [5.41, 5.74) is -0.636. The van der Waals surface area contributed by atoms with E-state index < -0.39 is 17.1 Å². The minimum atomic E-state index is -1.11. The highest BCUT2D eigenvalue weighted by atomic mass is 16.5. The van der Waals surface area contributed by atoms with Crippen molar-refractivity contribution in [2.75, 3.05) is 0 Å². The molecule has 4 N–H and O–H groups in total. The second-order valence-corrected chi connectivity index (χ2v) is 7.22. The van der Waals surface area contributed by atoms with E-state index >= 15 is 0 Å². The Morgan fingerprint density at radius 1 is 1.07 bits per heavy atom. The first-order valence-electron chi connectivity index (χ1n) is 8.38. The predicted octanol–water partition coefficient (Wildman–Crippen LogP) is 2.65. The Balaban J connectivity index is 1.93. The predicted molar refractivity (Wildman–Crippen MR) is 97.3 cm³/mol. The second kappa shape index (κ2) is 5.65. The standard InChI is InChI=1S/C20H18O7/c1-20(2,25)16-6-11-15(27-16)7-14(23)17-18(24)12(8-26-19(11)17)10-4-3-9(21)5-13(10)22/h3-5,7-8,16,21-23,25H,6H2,1-2H3. The van der Waals surface area contributed by atoms with Gasteiger partial charge >= 0.3 is 0 Å². The van der Waals surface area contributed by atoms with Crippen LogP contribution in [0, 0.1) is 0 Å². The Labute approximate surface area is 153 Å². The monoisotopic (exact) mass is 370 g/mol. The second-order valence-electron chi connectivity index (χ2n) is 7.22. The average molecular weight is 370 g/mol. The summed E-state index contributed by atoms with van der Waals surface area (Å²) in [6, 6.07) is 5.17. The van der Waals surface area contributed by atoms with Gasteiger partial charge in [0, 0.05) is 29.7 Å². The molecule has 2 aromatic carbocycles. The van der Waals surface area contributed by atoms with E-state index in [0.717, 1.165) is 6.07 Å². The molecule has 0 spiro atoms. The van der Waals surface area contributed by atoms with Crippen molar-refractivity contribution in [1.29, 1.82) is 0 Å². The maximum atomic E-state index is 13.0. The van der Waals surface area contributed by atoms with Crippen LogP contribution >= 0.6 is 0 Å². The van der Waals surface area contributed by atoms with Gasteiger partial charge in [-0.25, -0.2) is 0 Å². The summed E-state index contributed by atoms with van der Waals surface area (Å²) in [7, 11) is 0. The molecule has 3 aromatic rings. The first-order valence-corrected chi connectivity index (χ1v) is 8.38. The summed E-state index contributed by atoms with van der Waals surface area (Å²) in [5, 5.41) is 40.0. The third kappa shape index (κ3) is 2.67. The number of phenolic OH excluding ortho intramolecular Hbond substituents is 3. The molecular weight excluding hydrogens is 352 g/mol. The molecular formula is C20H18O7. The SMILES string of the molecule is CC(C)(O)C1Cc2c(cc(O)c3c(=O)c(-c4ccc(O)cc4O)coc23)O1. The van der Waals surface area contributed by atoms with Crippen LogP contribution in [-0.2, 0) is 6.42 Å². The van der Waals surface area contributed by atoms with Crippen molar-refractivity contribution < 1.29 is 29.6 Å². The van der Waals surface area contributed by atoms with Gasteiger partial charge in [-0.3, -0.25) is 4.79 Å². The number of hydrogen-bond acceptors (Lipinski definition) is 7. The lowest BCUT2D eigenvalue weighted by Crippen LogP contribution is -2.39. The smallest absolute Gasteiger partial charge is 0.204 e. The summed E-state index contributed by atoms with van der Waals surface area (Å²) < 4.78 is 11.4. The zero-order valence-corrected chi connectivity index (χ0v) is 14.7. The van der Waals surface area contributed by atoms with E-state index in [1.54, 1.807) is 13.8 Å². The number of rotatable bonds is 2. The number of aliphatic hydroxyl groups is 1. The molecule has 1 aliphatic heterocycles. The third-order valence-electron chi connectivity index (χ3n) is 4.81. The molecule has 27 heavy (non-hydrogen) atoms. The number of benzene rings is 2. The van der Waals surface area contributed by atoms with Gasteiger partial charge in [0.15, 0.2) is 0 Å². The van der Waals surface area contributed by atoms with Crippen molar-refractivity contribution in [1.82, 2.24) is 0 Å². The van der Waals surface area contributed by atoms with Gasteiger partial charge in [0.1, 0.15) is 46.3 Å². The molecule has 0 saturated carbocycles. The fourth-order valence-corrected chi connectivity index (χ4v) is 3.32. The van der Waals surface area contributed by atoms with E-state index in [9.17, 15) is 25.2 Å². The molecule has 4 rings (SSSR count). The quantitative estimate of drug-likeness (QED) is 0.547. The molecule has 7 heteroatoms. The first kappa shape index (κ1) is 17.2. The summed E-state index contributed by atoms with van der Waals surface area (Å²) in [6.45, 7) is 3.24. The highest BCUT2D eigenvalue weighted by molar-refractivity contribution is 5.91. The van der Waals surface area contributed by atoms with Gasteiger partial charge < -0.3 is 29.6 Å². The molecule has 1 unspecified atom stereocenters. The van der Waals surface area contributed by atoms with E-state index in [4.69, 9.17) is 9.15 Å². The Morgan fingerprint density at radius 2 is 1.81 bits per heavy atom. The summed E-state index contributed by atoms with van der Waals surface area (Å²) in [4.78, 5) is 13.0. The maximum Gasteiger partial charge on any atom is 0.204 e. The van der Waals surface area contributed by atoms with Crippen molar-refractivity contribution in [3.05, 3.63) is 46.3 Å². The van der Waals surface area contributed by atoms with Crippen LogP contribution in [-0.4, -0.2) is 32.1 Å². The summed E-state index contributed by atoms with van der Waals surface area (Å²) >= 11 is 0. The van der Waals surface area contributed by atoms with Gasteiger partial charge in [0.05, 0.1) is 11.2 Å². The van der Waals surface area contributed by atoms with E-state index in [1.807, 2.05) is 0 Å². The number of ether oxygens (including phenoxy) is 1. The van der Waals surface area contributed by atoms with Crippen LogP contribution in [0.25, 0.3) is 22.1 Å². The minimum absolute atomic E-state index is 0.0290. The lowest BCUT2D eigenvalue weighted by Gasteiger charge is -2.24. The van der Waals surface area contributed by atoms with Gasteiger partial charge in [-0.05, 0) is 26.0 Å². The average Bonchev–Trinajstić information content (AvgIpc) is 3.00. The summed E-state index contributed by atoms with van der Waals surface area (Å²) in [5.74, 6) is -0.380. The Hall–Kier alpha value is -3.19. The number of hydrogen-bond donors (Lipinski definition) is 4. The molecule has 0 aliphatic carbocycles. The fourth-order valence-electron chi connectivity index (χ4n) is 3.32. The molecule has 0 radical (unpaired) electrons. The molecule has 140 valence electrons. The largest absolute Gasteiger partial charge is 0.508 e. The van der Waals surface area contributed by atoms with Crippen LogP contribution in [0.1, 0.15) is 19.4 Å². The summed E-state index contributed by atoms with van der Waals surface area (Å²) in [6.07, 6.45) is 0.986. The van der Waals surface area contributed by atoms with Gasteiger partial charge in [-0.15, -0.1) is 0 Å². The number of phenols is 3. The third-order valence-corrected chi connectivity index (χ3v) is 4.81. The highest BCUT2D eigenvalue weighted by Gasteiger charge is 2.37. The lowest BCUT2D eigenvalue weighted by molar-refractivity contribution is -0.0229. The van der Waals surface area contributed by atoms with Gasteiger partial charge in [0.2, 0.25) is 5.43 Å². The molecule has 1 aromatic heterocycles. The molecule has 0 fully saturated rings. The molecule has 0 bridgehead atoms. The van der Waals surface area contributed by atoms with Crippen LogP contribution in [0.2, 0.25) is 0 Å². The zero-order valence-electron chi connectivity index (χ0n) is 14.7. The van der Waals surface area contributed by atoms with Crippen LogP contribution in [0.3, 0.4) is 0 Å². The molecule has 0 amide bonds. The topological polar surface area (TPSA) is 120 Å². The Bertz CT molecular complexity index is 1120. The van der Waals surface area contributed by atoms with Crippen molar-refractivity contribution >= 4 is 11.0 Å².